The van der Waals surface area contributed by atoms with Crippen LogP contribution in [0.4, 0.5) is 0 Å². The number of carbonyl (C=O) groups excluding carboxylic acids is 1. The highest BCUT2D eigenvalue weighted by molar-refractivity contribution is 8.55. The molecule has 8 heteroatoms. The molecule has 0 aliphatic heterocycles. The van der Waals surface area contributed by atoms with Gasteiger partial charge in [0, 0.05) is 5.75 Å². The number of esters is 1. The average molecular weight is 355 g/mol. The van der Waals surface area contributed by atoms with Crippen molar-refractivity contribution in [3.63, 3.8) is 0 Å². The van der Waals surface area contributed by atoms with Crippen LogP contribution in [0.1, 0.15) is 48.5 Å². The second kappa shape index (κ2) is 9.28. The Morgan fingerprint density at radius 2 is 1.73 bits per heavy atom. The van der Waals surface area contributed by atoms with Crippen molar-refractivity contribution >= 4 is 24.1 Å². The summed E-state index contributed by atoms with van der Waals surface area (Å²) in [4.78, 5) is 11.5. The van der Waals surface area contributed by atoms with E-state index in [2.05, 4.69) is 0 Å². The molecule has 0 spiro atoms. The number of hydrogen-bond acceptors (Lipinski definition) is 7. The van der Waals surface area contributed by atoms with Crippen molar-refractivity contribution in [2.45, 2.75) is 66.2 Å². The summed E-state index contributed by atoms with van der Waals surface area (Å²) in [6, 6.07) is 0. The van der Waals surface area contributed by atoms with Gasteiger partial charge < -0.3 is 10.5 Å². The zero-order chi connectivity index (χ0) is 17.6. The molecule has 0 saturated carbocycles. The number of hydrogen-bond donors (Lipinski definition) is 1. The standard InChI is InChI=1S/C14H30NO5PS/c1-10(2)12(5)20-21(17,19-11(3)4)22-9-8-18-13(16)14(6,7)15/h10-12H,8-9,15H2,1-7H3. The highest BCUT2D eigenvalue weighted by Crippen LogP contribution is 2.62. The Balaban J connectivity index is 4.49. The Morgan fingerprint density at radius 1 is 1.18 bits per heavy atom. The van der Waals surface area contributed by atoms with Gasteiger partial charge in [-0.2, -0.15) is 0 Å². The third-order valence-corrected chi connectivity index (χ3v) is 6.61. The van der Waals surface area contributed by atoms with Gasteiger partial charge in [-0.25, -0.2) is 4.57 Å². The summed E-state index contributed by atoms with van der Waals surface area (Å²) in [6.45, 7) is 9.39. The normalized spacial score (nSPS) is 16.6. The van der Waals surface area contributed by atoms with E-state index in [-0.39, 0.29) is 24.7 Å². The zero-order valence-corrected chi connectivity index (χ0v) is 16.3. The Bertz CT molecular complexity index is 395. The fourth-order valence-corrected chi connectivity index (χ4v) is 5.04. The highest BCUT2D eigenvalue weighted by Gasteiger charge is 2.31. The molecule has 0 rings (SSSR count). The predicted octanol–water partition coefficient (Wildman–Crippen LogP) is 3.59. The first-order chi connectivity index (χ1) is 9.87. The SMILES string of the molecule is CC(C)OP(=O)(OC(C)C(C)C)SCCOC(=O)C(C)(C)N. The zero-order valence-electron chi connectivity index (χ0n) is 14.6. The largest absolute Gasteiger partial charge is 0.463 e. The van der Waals surface area contributed by atoms with Crippen LogP contribution >= 0.6 is 18.2 Å². The molecular formula is C14H30NO5PS. The van der Waals surface area contributed by atoms with Crippen LogP contribution in [0.15, 0.2) is 0 Å². The second-order valence-electron chi connectivity index (χ2n) is 6.35. The monoisotopic (exact) mass is 355 g/mol. The van der Waals surface area contributed by atoms with Gasteiger partial charge in [0.1, 0.15) is 12.1 Å². The lowest BCUT2D eigenvalue weighted by molar-refractivity contribution is -0.148. The van der Waals surface area contributed by atoms with Gasteiger partial charge in [0.2, 0.25) is 0 Å². The molecule has 0 aromatic heterocycles. The third kappa shape index (κ3) is 9.16. The van der Waals surface area contributed by atoms with Crippen molar-refractivity contribution in [3.8, 4) is 0 Å². The molecular weight excluding hydrogens is 325 g/mol. The Kier molecular flexibility index (Phi) is 9.25. The lowest BCUT2D eigenvalue weighted by atomic mass is 10.1. The minimum atomic E-state index is -3.29. The molecule has 0 radical (unpaired) electrons. The van der Waals surface area contributed by atoms with Crippen molar-refractivity contribution in [1.29, 1.82) is 0 Å². The maximum atomic E-state index is 12.7. The summed E-state index contributed by atoms with van der Waals surface area (Å²) in [7, 11) is 0. The number of rotatable bonds is 10. The Morgan fingerprint density at radius 3 is 2.14 bits per heavy atom. The lowest BCUT2D eigenvalue weighted by Crippen LogP contribution is -2.43. The molecule has 2 N–H and O–H groups in total. The maximum absolute atomic E-state index is 12.7. The molecule has 0 amide bonds. The maximum Gasteiger partial charge on any atom is 0.389 e. The van der Waals surface area contributed by atoms with E-state index in [1.807, 2.05) is 20.8 Å². The molecule has 0 aromatic rings. The summed E-state index contributed by atoms with van der Waals surface area (Å²) in [5.41, 5.74) is 4.59. The molecule has 0 fully saturated rings. The lowest BCUT2D eigenvalue weighted by Gasteiger charge is -2.25. The first-order valence-electron chi connectivity index (χ1n) is 7.45. The van der Waals surface area contributed by atoms with Gasteiger partial charge in [0.25, 0.3) is 0 Å². The average Bonchev–Trinajstić information content (AvgIpc) is 2.31. The topological polar surface area (TPSA) is 87.9 Å². The molecule has 6 nitrogen and oxygen atoms in total. The van der Waals surface area contributed by atoms with E-state index in [0.29, 0.717) is 5.75 Å². The Hall–Kier alpha value is -0.0700. The number of ether oxygens (including phenoxy) is 1. The van der Waals surface area contributed by atoms with Crippen molar-refractivity contribution in [2.75, 3.05) is 12.4 Å². The molecule has 2 unspecified atom stereocenters. The molecule has 22 heavy (non-hydrogen) atoms. The molecule has 132 valence electrons. The number of carbonyl (C=O) groups is 1. The van der Waals surface area contributed by atoms with E-state index >= 15 is 0 Å². The minimum absolute atomic E-state index is 0.106. The minimum Gasteiger partial charge on any atom is -0.463 e. The van der Waals surface area contributed by atoms with E-state index in [0.717, 1.165) is 11.4 Å². The van der Waals surface area contributed by atoms with Crippen molar-refractivity contribution in [2.24, 2.45) is 11.7 Å². The van der Waals surface area contributed by atoms with Gasteiger partial charge in [-0.3, -0.25) is 13.8 Å². The van der Waals surface area contributed by atoms with Gasteiger partial charge >= 0.3 is 12.8 Å². The molecule has 0 saturated heterocycles. The number of nitrogens with two attached hydrogens (primary N) is 1. The van der Waals surface area contributed by atoms with Gasteiger partial charge in [0.05, 0.1) is 12.2 Å². The van der Waals surface area contributed by atoms with Crippen LogP contribution in [0.3, 0.4) is 0 Å². The van der Waals surface area contributed by atoms with E-state index in [1.165, 1.54) is 0 Å². The highest BCUT2D eigenvalue weighted by atomic mass is 32.7. The molecule has 0 bridgehead atoms. The molecule has 0 aromatic carbocycles. The molecule has 0 aliphatic rings. The van der Waals surface area contributed by atoms with E-state index < -0.39 is 18.3 Å². The van der Waals surface area contributed by atoms with Crippen molar-refractivity contribution in [3.05, 3.63) is 0 Å². The summed E-state index contributed by atoms with van der Waals surface area (Å²) >= 11 is 1.04. The summed E-state index contributed by atoms with van der Waals surface area (Å²) in [5, 5.41) is 0. The van der Waals surface area contributed by atoms with Crippen LogP contribution < -0.4 is 5.73 Å². The van der Waals surface area contributed by atoms with Crippen LogP contribution in [-0.2, 0) is 23.1 Å². The fraction of sp³-hybridized carbons (Fsp3) is 0.929. The van der Waals surface area contributed by atoms with Crippen molar-refractivity contribution < 1.29 is 23.1 Å². The summed E-state index contributed by atoms with van der Waals surface area (Å²) < 4.78 is 28.9. The summed E-state index contributed by atoms with van der Waals surface area (Å²) in [5.74, 6) is 0.0427. The predicted molar refractivity (Wildman–Crippen MR) is 90.9 cm³/mol. The smallest absolute Gasteiger partial charge is 0.389 e. The molecule has 0 aliphatic carbocycles. The summed E-state index contributed by atoms with van der Waals surface area (Å²) in [6.07, 6.45) is -0.411. The first-order valence-corrected chi connectivity index (χ1v) is 10.6. The van der Waals surface area contributed by atoms with Crippen molar-refractivity contribution in [1.82, 2.24) is 0 Å². The third-order valence-electron chi connectivity index (χ3n) is 2.67. The first kappa shape index (κ1) is 21.9. The fourth-order valence-electron chi connectivity index (χ4n) is 1.14. The van der Waals surface area contributed by atoms with Gasteiger partial charge in [-0.15, -0.1) is 0 Å². The van der Waals surface area contributed by atoms with Gasteiger partial charge in [0.15, 0.2) is 0 Å². The van der Waals surface area contributed by atoms with Crippen LogP contribution in [0, 0.1) is 5.92 Å². The van der Waals surface area contributed by atoms with E-state index in [4.69, 9.17) is 19.5 Å². The molecule has 0 heterocycles. The molecule has 2 atom stereocenters. The quantitative estimate of drug-likeness (QED) is 0.364. The van der Waals surface area contributed by atoms with E-state index in [1.54, 1.807) is 27.7 Å². The van der Waals surface area contributed by atoms with Gasteiger partial charge in [-0.05, 0) is 51.9 Å². The van der Waals surface area contributed by atoms with Crippen LogP contribution in [0.5, 0.6) is 0 Å². The van der Waals surface area contributed by atoms with Crippen LogP contribution in [-0.4, -0.2) is 36.1 Å². The van der Waals surface area contributed by atoms with Crippen LogP contribution in [0.25, 0.3) is 0 Å². The Labute approximate surface area is 138 Å². The van der Waals surface area contributed by atoms with E-state index in [9.17, 15) is 9.36 Å². The van der Waals surface area contributed by atoms with Crippen LogP contribution in [0.2, 0.25) is 0 Å². The van der Waals surface area contributed by atoms with Gasteiger partial charge in [-0.1, -0.05) is 13.8 Å². The second-order valence-corrected chi connectivity index (χ2v) is 10.4.